The molecule has 0 fully saturated rings. The molecule has 0 aliphatic rings. The topological polar surface area (TPSA) is 99.1 Å². The highest BCUT2D eigenvalue weighted by Gasteiger charge is 2.20. The van der Waals surface area contributed by atoms with Crippen LogP contribution in [0.4, 0.5) is 4.39 Å². The summed E-state index contributed by atoms with van der Waals surface area (Å²) in [5.41, 5.74) is 0.854. The van der Waals surface area contributed by atoms with Crippen molar-refractivity contribution < 1.29 is 17.6 Å². The summed E-state index contributed by atoms with van der Waals surface area (Å²) in [5.74, 6) is -1.31. The Balaban J connectivity index is 1.76. The van der Waals surface area contributed by atoms with Crippen molar-refractivity contribution in [3.8, 4) is 6.07 Å². The molecule has 152 valence electrons. The maximum atomic E-state index is 13.9. The van der Waals surface area contributed by atoms with Crippen LogP contribution in [0.5, 0.6) is 0 Å². The zero-order chi connectivity index (χ0) is 21.6. The van der Waals surface area contributed by atoms with E-state index in [0.29, 0.717) is 0 Å². The molecule has 0 spiro atoms. The monoisotopic (exact) mass is 423 g/mol. The Bertz CT molecular complexity index is 1190. The lowest BCUT2D eigenvalue weighted by Crippen LogP contribution is -2.29. The average molecular weight is 423 g/mol. The Morgan fingerprint density at radius 3 is 2.40 bits per heavy atom. The summed E-state index contributed by atoms with van der Waals surface area (Å²) in [6.45, 7) is 0.101. The number of nitrogens with one attached hydrogen (secondary N) is 2. The summed E-state index contributed by atoms with van der Waals surface area (Å²) in [6, 6.07) is 20.7. The second kappa shape index (κ2) is 9.31. The fourth-order valence-corrected chi connectivity index (χ4v) is 3.83. The second-order valence-corrected chi connectivity index (χ2v) is 8.16. The Hall–Kier alpha value is -3.54. The first-order valence-electron chi connectivity index (χ1n) is 8.99. The molecule has 0 bridgehead atoms. The van der Waals surface area contributed by atoms with Crippen LogP contribution in [0.3, 0.4) is 0 Å². The van der Waals surface area contributed by atoms with E-state index in [1.807, 2.05) is 12.1 Å². The quantitative estimate of drug-likeness (QED) is 0.609. The van der Waals surface area contributed by atoms with Crippen LogP contribution in [0, 0.1) is 17.1 Å². The fraction of sp³-hybridized carbons (Fsp3) is 0.0909. The lowest BCUT2D eigenvalue weighted by Gasteiger charge is -2.13. The smallest absolute Gasteiger partial charge is 0.252 e. The number of rotatable bonds is 7. The minimum atomic E-state index is -3.86. The third kappa shape index (κ3) is 5.08. The van der Waals surface area contributed by atoms with E-state index in [0.717, 1.165) is 5.56 Å². The summed E-state index contributed by atoms with van der Waals surface area (Å²) in [6.07, 6.45) is 0. The Morgan fingerprint density at radius 1 is 1.00 bits per heavy atom. The lowest BCUT2D eigenvalue weighted by molar-refractivity contribution is 0.0944. The van der Waals surface area contributed by atoms with Crippen LogP contribution >= 0.6 is 0 Å². The van der Waals surface area contributed by atoms with Crippen LogP contribution in [-0.4, -0.2) is 14.3 Å². The third-order valence-electron chi connectivity index (χ3n) is 4.34. The van der Waals surface area contributed by atoms with E-state index in [2.05, 4.69) is 10.0 Å². The van der Waals surface area contributed by atoms with E-state index in [9.17, 15) is 22.9 Å². The molecule has 6 nitrogen and oxygen atoms in total. The van der Waals surface area contributed by atoms with Crippen LogP contribution in [0.15, 0.2) is 83.8 Å². The maximum absolute atomic E-state index is 13.9. The van der Waals surface area contributed by atoms with Gasteiger partial charge >= 0.3 is 0 Å². The number of hydrogen-bond acceptors (Lipinski definition) is 4. The molecule has 0 aliphatic heterocycles. The summed E-state index contributed by atoms with van der Waals surface area (Å²) in [4.78, 5) is 12.5. The van der Waals surface area contributed by atoms with Crippen molar-refractivity contribution in [2.75, 3.05) is 0 Å². The Labute approximate surface area is 174 Å². The minimum Gasteiger partial charge on any atom is -0.332 e. The van der Waals surface area contributed by atoms with Crippen molar-refractivity contribution >= 4 is 15.9 Å². The highest BCUT2D eigenvalue weighted by molar-refractivity contribution is 7.89. The molecule has 0 saturated carbocycles. The fourth-order valence-electron chi connectivity index (χ4n) is 2.77. The number of nitrogens with zero attached hydrogens (tertiary/aromatic N) is 1. The van der Waals surface area contributed by atoms with Crippen LogP contribution in [0.25, 0.3) is 0 Å². The predicted octanol–water partition coefficient (Wildman–Crippen LogP) is 3.30. The van der Waals surface area contributed by atoms with E-state index in [-0.39, 0.29) is 22.6 Å². The van der Waals surface area contributed by atoms with Gasteiger partial charge in [0.15, 0.2) is 0 Å². The average Bonchev–Trinajstić information content (AvgIpc) is 2.77. The first kappa shape index (κ1) is 21.2. The number of nitriles is 1. The molecule has 0 radical (unpaired) electrons. The van der Waals surface area contributed by atoms with Gasteiger partial charge in [-0.05, 0) is 29.8 Å². The van der Waals surface area contributed by atoms with Gasteiger partial charge < -0.3 is 5.32 Å². The van der Waals surface area contributed by atoms with Gasteiger partial charge in [-0.25, -0.2) is 17.5 Å². The summed E-state index contributed by atoms with van der Waals surface area (Å²) in [7, 11) is -3.86. The predicted molar refractivity (Wildman–Crippen MR) is 109 cm³/mol. The standard InChI is InChI=1S/C22H18FN3O3S/c23-20-12-5-4-11-19(20)21(14-24)26-22(27)17-9-6-10-18(13-17)30(28,29)25-15-16-7-2-1-3-8-16/h1-13,21,25H,15H2,(H,26,27). The number of amides is 1. The summed E-state index contributed by atoms with van der Waals surface area (Å²) < 4.78 is 41.6. The number of hydrogen-bond donors (Lipinski definition) is 2. The Kier molecular flexibility index (Phi) is 6.57. The SMILES string of the molecule is N#CC(NC(=O)c1cccc(S(=O)(=O)NCc2ccccc2)c1)c1ccccc1F. The molecule has 0 heterocycles. The van der Waals surface area contributed by atoms with E-state index in [1.54, 1.807) is 30.3 Å². The molecule has 30 heavy (non-hydrogen) atoms. The zero-order valence-electron chi connectivity index (χ0n) is 15.7. The molecular weight excluding hydrogens is 405 g/mol. The first-order valence-corrected chi connectivity index (χ1v) is 10.5. The molecule has 0 saturated heterocycles. The van der Waals surface area contributed by atoms with Crippen molar-refractivity contribution in [1.29, 1.82) is 5.26 Å². The van der Waals surface area contributed by atoms with Crippen molar-refractivity contribution in [3.63, 3.8) is 0 Å². The summed E-state index contributed by atoms with van der Waals surface area (Å²) in [5, 5.41) is 11.7. The molecule has 3 rings (SSSR count). The van der Waals surface area contributed by atoms with Gasteiger partial charge in [0.1, 0.15) is 11.9 Å². The first-order chi connectivity index (χ1) is 14.4. The molecule has 1 amide bonds. The van der Waals surface area contributed by atoms with Crippen LogP contribution < -0.4 is 10.0 Å². The van der Waals surface area contributed by atoms with Crippen LogP contribution in [0.1, 0.15) is 27.5 Å². The van der Waals surface area contributed by atoms with Gasteiger partial charge in [-0.3, -0.25) is 4.79 Å². The highest BCUT2D eigenvalue weighted by atomic mass is 32.2. The molecule has 0 aliphatic carbocycles. The Morgan fingerprint density at radius 2 is 1.70 bits per heavy atom. The van der Waals surface area contributed by atoms with Crippen molar-refractivity contribution in [2.45, 2.75) is 17.5 Å². The van der Waals surface area contributed by atoms with Crippen molar-refractivity contribution in [1.82, 2.24) is 10.0 Å². The van der Waals surface area contributed by atoms with E-state index < -0.39 is 27.8 Å². The van der Waals surface area contributed by atoms with Crippen LogP contribution in [-0.2, 0) is 16.6 Å². The van der Waals surface area contributed by atoms with E-state index >= 15 is 0 Å². The van der Waals surface area contributed by atoms with Gasteiger partial charge in [0.25, 0.3) is 5.91 Å². The maximum Gasteiger partial charge on any atom is 0.252 e. The number of benzene rings is 3. The number of halogens is 1. The highest BCUT2D eigenvalue weighted by Crippen LogP contribution is 2.18. The van der Waals surface area contributed by atoms with Crippen LogP contribution in [0.2, 0.25) is 0 Å². The largest absolute Gasteiger partial charge is 0.332 e. The molecule has 1 atom stereocenters. The van der Waals surface area contributed by atoms with Gasteiger partial charge in [-0.2, -0.15) is 5.26 Å². The third-order valence-corrected chi connectivity index (χ3v) is 5.74. The van der Waals surface area contributed by atoms with Gasteiger partial charge in [0.2, 0.25) is 10.0 Å². The zero-order valence-corrected chi connectivity index (χ0v) is 16.6. The molecule has 1 unspecified atom stereocenters. The number of carbonyl (C=O) groups is 1. The van der Waals surface area contributed by atoms with Gasteiger partial charge in [-0.15, -0.1) is 0 Å². The minimum absolute atomic E-state index is 0.0293. The van der Waals surface area contributed by atoms with Crippen molar-refractivity contribution in [3.05, 3.63) is 101 Å². The number of carbonyl (C=O) groups excluding carboxylic acids is 1. The molecular formula is C22H18FN3O3S. The molecule has 2 N–H and O–H groups in total. The van der Waals surface area contributed by atoms with E-state index in [1.165, 1.54) is 42.5 Å². The molecule has 3 aromatic rings. The van der Waals surface area contributed by atoms with Gasteiger partial charge in [0, 0.05) is 17.7 Å². The molecule has 3 aromatic carbocycles. The second-order valence-electron chi connectivity index (χ2n) is 6.40. The lowest BCUT2D eigenvalue weighted by atomic mass is 10.1. The molecule has 0 aromatic heterocycles. The van der Waals surface area contributed by atoms with Gasteiger partial charge in [-0.1, -0.05) is 54.6 Å². The van der Waals surface area contributed by atoms with Crippen molar-refractivity contribution in [2.24, 2.45) is 0 Å². The normalized spacial score (nSPS) is 12.0. The summed E-state index contributed by atoms with van der Waals surface area (Å²) >= 11 is 0. The van der Waals surface area contributed by atoms with Gasteiger partial charge in [0.05, 0.1) is 11.0 Å². The molecule has 8 heteroatoms. The van der Waals surface area contributed by atoms with E-state index in [4.69, 9.17) is 0 Å². The number of sulfonamides is 1.